The zero-order valence-electron chi connectivity index (χ0n) is 12.6. The Labute approximate surface area is 141 Å². The fraction of sp³-hybridized carbons (Fsp3) is 0.500. The Morgan fingerprint density at radius 1 is 1.41 bits per heavy atom. The summed E-state index contributed by atoms with van der Waals surface area (Å²) in [6.07, 6.45) is 3.88. The number of hydrogen-bond donors (Lipinski definition) is 1. The predicted octanol–water partition coefficient (Wildman–Crippen LogP) is 3.32. The summed E-state index contributed by atoms with van der Waals surface area (Å²) in [5.74, 6) is 0.0939. The van der Waals surface area contributed by atoms with Gasteiger partial charge in [0.05, 0.1) is 16.3 Å². The standard InChI is InChI=1S/C16H18ClN3OS/c1-10-12(6-5-11(9-18)13(10)17)20-14(21)16(7-3-4-8-16)19(2)15(20)22/h5-6,15,22H,3-4,7-8H2,1-2H3. The lowest BCUT2D eigenvalue weighted by Gasteiger charge is -2.29. The van der Waals surface area contributed by atoms with Crippen molar-refractivity contribution in [1.82, 2.24) is 4.90 Å². The molecule has 1 saturated carbocycles. The molecule has 1 unspecified atom stereocenters. The van der Waals surface area contributed by atoms with Crippen LogP contribution in [0.2, 0.25) is 5.02 Å². The average molecular weight is 336 g/mol. The van der Waals surface area contributed by atoms with Crippen LogP contribution in [0.3, 0.4) is 0 Å². The Morgan fingerprint density at radius 2 is 2.05 bits per heavy atom. The molecule has 1 aromatic rings. The van der Waals surface area contributed by atoms with E-state index in [4.69, 9.17) is 16.9 Å². The van der Waals surface area contributed by atoms with Crippen LogP contribution in [-0.2, 0) is 4.79 Å². The van der Waals surface area contributed by atoms with Gasteiger partial charge in [0.2, 0.25) is 5.91 Å². The van der Waals surface area contributed by atoms with Gasteiger partial charge in [0.1, 0.15) is 17.1 Å². The highest BCUT2D eigenvalue weighted by Gasteiger charge is 2.56. The predicted molar refractivity (Wildman–Crippen MR) is 90.1 cm³/mol. The van der Waals surface area contributed by atoms with Crippen LogP contribution in [0.25, 0.3) is 0 Å². The Balaban J connectivity index is 2.08. The van der Waals surface area contributed by atoms with E-state index in [0.29, 0.717) is 10.6 Å². The number of carbonyl (C=O) groups excluding carboxylic acids is 1. The molecule has 1 spiro atoms. The van der Waals surface area contributed by atoms with Crippen LogP contribution in [0.1, 0.15) is 36.8 Å². The number of anilines is 1. The minimum atomic E-state index is -0.431. The second-order valence-electron chi connectivity index (χ2n) is 6.05. The minimum absolute atomic E-state index is 0.0939. The summed E-state index contributed by atoms with van der Waals surface area (Å²) in [4.78, 5) is 16.9. The fourth-order valence-electron chi connectivity index (χ4n) is 3.66. The second kappa shape index (κ2) is 5.45. The van der Waals surface area contributed by atoms with Crippen LogP contribution < -0.4 is 4.90 Å². The first-order chi connectivity index (χ1) is 10.4. The molecule has 1 amide bonds. The molecule has 116 valence electrons. The van der Waals surface area contributed by atoms with Crippen LogP contribution >= 0.6 is 24.2 Å². The number of halogens is 1. The summed E-state index contributed by atoms with van der Waals surface area (Å²) in [5, 5.41) is 9.48. The van der Waals surface area contributed by atoms with E-state index in [-0.39, 0.29) is 11.4 Å². The molecular weight excluding hydrogens is 318 g/mol. The highest BCUT2D eigenvalue weighted by atomic mass is 35.5. The second-order valence-corrected chi connectivity index (χ2v) is 6.89. The molecule has 0 aromatic heterocycles. The van der Waals surface area contributed by atoms with Gasteiger partial charge in [0, 0.05) is 0 Å². The number of benzene rings is 1. The highest BCUT2D eigenvalue weighted by molar-refractivity contribution is 7.81. The van der Waals surface area contributed by atoms with E-state index in [9.17, 15) is 4.79 Å². The molecule has 1 aliphatic carbocycles. The lowest BCUT2D eigenvalue weighted by atomic mass is 9.96. The molecule has 2 fully saturated rings. The van der Waals surface area contributed by atoms with Gasteiger partial charge >= 0.3 is 0 Å². The van der Waals surface area contributed by atoms with Crippen molar-refractivity contribution in [3.63, 3.8) is 0 Å². The SMILES string of the molecule is Cc1c(N2C(=O)C3(CCCC3)N(C)C2S)ccc(C#N)c1Cl. The third kappa shape index (κ3) is 1.98. The van der Waals surface area contributed by atoms with Gasteiger partial charge in [-0.2, -0.15) is 5.26 Å². The zero-order valence-corrected chi connectivity index (χ0v) is 14.3. The van der Waals surface area contributed by atoms with E-state index in [0.717, 1.165) is 36.9 Å². The summed E-state index contributed by atoms with van der Waals surface area (Å²) in [6, 6.07) is 5.53. The van der Waals surface area contributed by atoms with Gasteiger partial charge in [-0.05, 0) is 44.5 Å². The number of rotatable bonds is 1. The van der Waals surface area contributed by atoms with Crippen LogP contribution in [-0.4, -0.2) is 28.9 Å². The number of nitrogens with zero attached hydrogens (tertiary/aromatic N) is 3. The molecule has 0 bridgehead atoms. The zero-order chi connectivity index (χ0) is 16.1. The third-order valence-corrected chi connectivity index (χ3v) is 6.10. The lowest BCUT2D eigenvalue weighted by molar-refractivity contribution is -0.124. The maximum absolute atomic E-state index is 13.1. The van der Waals surface area contributed by atoms with Crippen molar-refractivity contribution in [3.8, 4) is 6.07 Å². The van der Waals surface area contributed by atoms with Crippen LogP contribution in [0.15, 0.2) is 12.1 Å². The van der Waals surface area contributed by atoms with E-state index < -0.39 is 5.54 Å². The molecule has 6 heteroatoms. The molecule has 4 nitrogen and oxygen atoms in total. The number of thiol groups is 1. The summed E-state index contributed by atoms with van der Waals surface area (Å²) >= 11 is 10.9. The molecule has 1 saturated heterocycles. The molecule has 1 aromatic carbocycles. The Kier molecular flexibility index (Phi) is 3.88. The van der Waals surface area contributed by atoms with Crippen molar-refractivity contribution in [2.24, 2.45) is 0 Å². The Morgan fingerprint density at radius 3 is 2.64 bits per heavy atom. The minimum Gasteiger partial charge on any atom is -0.285 e. The molecule has 1 heterocycles. The third-order valence-electron chi connectivity index (χ3n) is 5.04. The maximum Gasteiger partial charge on any atom is 0.249 e. The number of carbonyl (C=O) groups is 1. The van der Waals surface area contributed by atoms with E-state index in [1.807, 2.05) is 14.0 Å². The van der Waals surface area contributed by atoms with Crippen molar-refractivity contribution in [1.29, 1.82) is 5.26 Å². The monoisotopic (exact) mass is 335 g/mol. The van der Waals surface area contributed by atoms with Crippen molar-refractivity contribution in [2.45, 2.75) is 43.6 Å². The summed E-state index contributed by atoms with van der Waals surface area (Å²) in [7, 11) is 1.96. The first-order valence-electron chi connectivity index (χ1n) is 7.38. The highest BCUT2D eigenvalue weighted by Crippen LogP contribution is 2.46. The Bertz CT molecular complexity index is 679. The summed E-state index contributed by atoms with van der Waals surface area (Å²) in [6.45, 7) is 1.84. The van der Waals surface area contributed by atoms with Crippen molar-refractivity contribution < 1.29 is 4.79 Å². The Hall–Kier alpha value is -1.22. The van der Waals surface area contributed by atoms with E-state index in [1.54, 1.807) is 17.0 Å². The van der Waals surface area contributed by atoms with Crippen LogP contribution in [0.5, 0.6) is 0 Å². The van der Waals surface area contributed by atoms with E-state index >= 15 is 0 Å². The number of hydrogen-bond acceptors (Lipinski definition) is 4. The normalized spacial score (nSPS) is 24.2. The molecule has 22 heavy (non-hydrogen) atoms. The van der Waals surface area contributed by atoms with Gasteiger partial charge in [-0.25, -0.2) is 0 Å². The summed E-state index contributed by atoms with van der Waals surface area (Å²) < 4.78 is 0. The van der Waals surface area contributed by atoms with Crippen LogP contribution in [0.4, 0.5) is 5.69 Å². The number of nitriles is 1. The molecule has 1 aliphatic heterocycles. The van der Waals surface area contributed by atoms with Crippen molar-refractivity contribution >= 4 is 35.8 Å². The van der Waals surface area contributed by atoms with Gasteiger partial charge in [-0.1, -0.05) is 24.4 Å². The number of likely N-dealkylation sites (N-methyl/N-ethyl adjacent to an activating group) is 1. The van der Waals surface area contributed by atoms with E-state index in [2.05, 4.69) is 23.6 Å². The quantitative estimate of drug-likeness (QED) is 0.801. The molecule has 2 aliphatic rings. The van der Waals surface area contributed by atoms with Crippen LogP contribution in [0, 0.1) is 18.3 Å². The lowest BCUT2D eigenvalue weighted by Crippen LogP contribution is -2.45. The largest absolute Gasteiger partial charge is 0.285 e. The topological polar surface area (TPSA) is 47.3 Å². The molecule has 3 rings (SSSR count). The van der Waals surface area contributed by atoms with Gasteiger partial charge in [-0.15, -0.1) is 12.6 Å². The van der Waals surface area contributed by atoms with Gasteiger partial charge in [0.25, 0.3) is 0 Å². The molecular formula is C16H18ClN3OS. The van der Waals surface area contributed by atoms with Crippen molar-refractivity contribution in [2.75, 3.05) is 11.9 Å². The fourth-order valence-corrected chi connectivity index (χ4v) is 4.31. The maximum atomic E-state index is 13.1. The first-order valence-corrected chi connectivity index (χ1v) is 8.27. The van der Waals surface area contributed by atoms with Gasteiger partial charge in [0.15, 0.2) is 0 Å². The van der Waals surface area contributed by atoms with Gasteiger partial charge < -0.3 is 0 Å². The van der Waals surface area contributed by atoms with Gasteiger partial charge in [-0.3, -0.25) is 14.6 Å². The smallest absolute Gasteiger partial charge is 0.249 e. The van der Waals surface area contributed by atoms with E-state index in [1.165, 1.54) is 0 Å². The molecule has 1 atom stereocenters. The van der Waals surface area contributed by atoms with Crippen molar-refractivity contribution in [3.05, 3.63) is 28.3 Å². The molecule has 0 N–H and O–H groups in total. The first kappa shape index (κ1) is 15.7. The molecule has 0 radical (unpaired) electrons. The number of amides is 1. The average Bonchev–Trinajstić information content (AvgIpc) is 3.06. The summed E-state index contributed by atoms with van der Waals surface area (Å²) in [5.41, 5.74) is 1.17.